The molecule has 0 aliphatic carbocycles. The molecule has 1 saturated heterocycles. The molecule has 0 atom stereocenters. The Morgan fingerprint density at radius 1 is 1.75 bits per heavy atom. The first kappa shape index (κ1) is 7.31. The molecule has 0 bridgehead atoms. The normalized spacial score (nSPS) is 27.4. The predicted octanol–water partition coefficient (Wildman–Crippen LogP) is 2.67. The van der Waals surface area contributed by atoms with Crippen LogP contribution in [0.1, 0.15) is 6.92 Å². The van der Waals surface area contributed by atoms with E-state index in [4.69, 9.17) is 11.1 Å². The average Bonchev–Trinajstić information content (AvgIpc) is 1.63. The molecule has 0 spiro atoms. The topological polar surface area (TPSA) is 0 Å². The van der Waals surface area contributed by atoms with E-state index in [1.54, 1.807) is 0 Å². The molecule has 4 heteroatoms. The van der Waals surface area contributed by atoms with E-state index in [9.17, 15) is 0 Å². The van der Waals surface area contributed by atoms with Gasteiger partial charge in [0.25, 0.3) is 0 Å². The van der Waals surface area contributed by atoms with Crippen LogP contribution in [0, 0.1) is 0 Å². The van der Waals surface area contributed by atoms with Crippen LogP contribution in [0.4, 0.5) is 0 Å². The third-order valence-corrected chi connectivity index (χ3v) is 20.2. The van der Waals surface area contributed by atoms with Gasteiger partial charge < -0.3 is 0 Å². The van der Waals surface area contributed by atoms with Crippen LogP contribution in [-0.4, -0.2) is 14.8 Å². The van der Waals surface area contributed by atoms with Crippen molar-refractivity contribution in [3.8, 4) is 0 Å². The monoisotopic (exact) mass is 227 g/mol. The van der Waals surface area contributed by atoms with Crippen LogP contribution in [-0.2, 0) is 0 Å². The maximum absolute atomic E-state index is 5.92. The quantitative estimate of drug-likeness (QED) is 0.478. The summed E-state index contributed by atoms with van der Waals surface area (Å²) in [6.45, 7) is 1.46. The highest BCUT2D eigenvalue weighted by Crippen LogP contribution is 2.41. The van der Waals surface area contributed by atoms with Gasteiger partial charge in [-0.25, -0.2) is 0 Å². The smallest absolute Gasteiger partial charge is 0.161 e. The first-order valence-corrected chi connectivity index (χ1v) is 10.7. The van der Waals surface area contributed by atoms with Gasteiger partial charge in [-0.2, -0.15) is 11.1 Å². The molecule has 1 radical (unpaired) electrons. The molecular formula is C4H9BrClSi2. The Morgan fingerprint density at radius 2 is 2.25 bits per heavy atom. The van der Waals surface area contributed by atoms with Gasteiger partial charge in [0.05, 0.1) is 0 Å². The predicted molar refractivity (Wildman–Crippen MR) is 46.4 cm³/mol. The van der Waals surface area contributed by atoms with E-state index in [0.29, 0.717) is 0 Å². The lowest BCUT2D eigenvalue weighted by Crippen LogP contribution is -2.44. The van der Waals surface area contributed by atoms with Crippen LogP contribution >= 0.6 is 26.4 Å². The minimum atomic E-state index is -0.808. The van der Waals surface area contributed by atoms with Gasteiger partial charge in [0.1, 0.15) is 6.69 Å². The summed E-state index contributed by atoms with van der Waals surface area (Å²) in [5, 5.41) is 0. The molecule has 1 aliphatic heterocycles. The van der Waals surface area contributed by atoms with Crippen LogP contribution < -0.4 is 0 Å². The fourth-order valence-corrected chi connectivity index (χ4v) is 21.6. The molecule has 0 amide bonds. The standard InChI is InChI=1S/C4H9BrClSi2/c1-2-8(5)3-7(6)4-8/h2-4H2,1H3. The molecule has 47 valence electrons. The molecular weight excluding hydrogens is 220 g/mol. The maximum atomic E-state index is 5.92. The minimum Gasteiger partial charge on any atom is -0.170 e. The molecule has 0 N–H and O–H groups in total. The van der Waals surface area contributed by atoms with Crippen molar-refractivity contribution in [2.24, 2.45) is 0 Å². The van der Waals surface area contributed by atoms with E-state index < -0.39 is 6.69 Å². The van der Waals surface area contributed by atoms with Crippen molar-refractivity contribution in [3.63, 3.8) is 0 Å². The largest absolute Gasteiger partial charge is 0.170 e. The van der Waals surface area contributed by atoms with E-state index in [0.717, 1.165) is 0 Å². The van der Waals surface area contributed by atoms with E-state index >= 15 is 0 Å². The zero-order valence-corrected chi connectivity index (χ0v) is 9.22. The summed E-state index contributed by atoms with van der Waals surface area (Å²) >= 11 is 9.71. The van der Waals surface area contributed by atoms with Gasteiger partial charge in [-0.1, -0.05) is 13.0 Å². The average molecular weight is 229 g/mol. The van der Waals surface area contributed by atoms with Crippen molar-refractivity contribution < 1.29 is 0 Å². The van der Waals surface area contributed by atoms with Crippen molar-refractivity contribution in [2.45, 2.75) is 24.3 Å². The van der Waals surface area contributed by atoms with Gasteiger partial charge in [0.15, 0.2) is 8.11 Å². The van der Waals surface area contributed by atoms with Crippen LogP contribution in [0.3, 0.4) is 0 Å². The van der Waals surface area contributed by atoms with Crippen molar-refractivity contribution in [1.82, 2.24) is 0 Å². The Kier molecular flexibility index (Phi) is 2.23. The molecule has 0 aromatic rings. The summed E-state index contributed by atoms with van der Waals surface area (Å²) in [4.78, 5) is 0. The molecule has 0 aromatic heterocycles. The highest BCUT2D eigenvalue weighted by Gasteiger charge is 2.43. The second-order valence-electron chi connectivity index (χ2n) is 2.38. The number of rotatable bonds is 1. The molecule has 8 heavy (non-hydrogen) atoms. The maximum Gasteiger partial charge on any atom is 0.161 e. The highest BCUT2D eigenvalue weighted by atomic mass is 79.9. The van der Waals surface area contributed by atoms with Gasteiger partial charge in [-0.15, -0.1) is 15.3 Å². The van der Waals surface area contributed by atoms with Gasteiger partial charge in [-0.05, 0) is 11.3 Å². The van der Waals surface area contributed by atoms with Crippen LogP contribution in [0.25, 0.3) is 0 Å². The Bertz CT molecular complexity index is 92.0. The minimum absolute atomic E-state index is 0.325. The molecule has 1 rings (SSSR count). The van der Waals surface area contributed by atoms with Crippen molar-refractivity contribution in [1.29, 1.82) is 0 Å². The van der Waals surface area contributed by atoms with Gasteiger partial charge >= 0.3 is 0 Å². The van der Waals surface area contributed by atoms with Crippen molar-refractivity contribution in [2.75, 3.05) is 0 Å². The second kappa shape index (κ2) is 2.44. The van der Waals surface area contributed by atoms with Gasteiger partial charge in [-0.3, -0.25) is 0 Å². The zero-order chi connectivity index (χ0) is 6.20. The summed E-state index contributed by atoms with van der Waals surface area (Å²) in [5.74, 6) is 0. The first-order chi connectivity index (χ1) is 3.66. The van der Waals surface area contributed by atoms with Gasteiger partial charge in [0.2, 0.25) is 0 Å². The SMILES string of the molecule is CC[Si]1(Br)C[Si](Cl)C1. The summed E-state index contributed by atoms with van der Waals surface area (Å²) in [7, 11) is -0.325. The molecule has 0 saturated carbocycles. The highest BCUT2D eigenvalue weighted by molar-refractivity contribution is 9.26. The van der Waals surface area contributed by atoms with E-state index in [1.165, 1.54) is 17.4 Å². The van der Waals surface area contributed by atoms with Gasteiger partial charge in [0, 0.05) is 0 Å². The third-order valence-electron chi connectivity index (χ3n) is 1.65. The van der Waals surface area contributed by atoms with E-state index in [1.807, 2.05) is 0 Å². The van der Waals surface area contributed by atoms with Crippen LogP contribution in [0.5, 0.6) is 0 Å². The molecule has 1 aliphatic rings. The summed E-state index contributed by atoms with van der Waals surface area (Å²) < 4.78 is 0. The van der Waals surface area contributed by atoms with Crippen LogP contribution in [0.15, 0.2) is 0 Å². The fourth-order valence-electron chi connectivity index (χ4n) is 0.886. The lowest BCUT2D eigenvalue weighted by atomic mass is 11.0. The molecule has 0 unspecified atom stereocenters. The Hall–Kier alpha value is 1.20. The van der Waals surface area contributed by atoms with Crippen LogP contribution in [0.2, 0.25) is 17.4 Å². The van der Waals surface area contributed by atoms with E-state index in [-0.39, 0.29) is 8.11 Å². The molecule has 0 aromatic carbocycles. The number of halogens is 2. The lowest BCUT2D eigenvalue weighted by Gasteiger charge is -2.35. The fraction of sp³-hybridized carbons (Fsp3) is 1.00. The number of hydrogen-bond acceptors (Lipinski definition) is 0. The number of hydrogen-bond donors (Lipinski definition) is 0. The summed E-state index contributed by atoms with van der Waals surface area (Å²) in [6.07, 6.45) is 0. The molecule has 1 heterocycles. The second-order valence-corrected chi connectivity index (χ2v) is 15.9. The van der Waals surface area contributed by atoms with Crippen molar-refractivity contribution in [3.05, 3.63) is 0 Å². The summed E-state index contributed by atoms with van der Waals surface area (Å²) in [5.41, 5.74) is 2.77. The first-order valence-electron chi connectivity index (χ1n) is 2.85. The third kappa shape index (κ3) is 1.37. The Morgan fingerprint density at radius 3 is 2.38 bits per heavy atom. The Labute approximate surface area is 65.5 Å². The lowest BCUT2D eigenvalue weighted by molar-refractivity contribution is 1.34. The molecule has 0 nitrogen and oxygen atoms in total. The zero-order valence-electron chi connectivity index (χ0n) is 4.88. The molecule has 1 fully saturated rings. The van der Waals surface area contributed by atoms with Crippen molar-refractivity contribution >= 4 is 41.2 Å². The Balaban J connectivity index is 2.30. The van der Waals surface area contributed by atoms with E-state index in [2.05, 4.69) is 22.2 Å². The summed E-state index contributed by atoms with van der Waals surface area (Å²) in [6, 6.07) is 1.37.